The van der Waals surface area contributed by atoms with Crippen molar-refractivity contribution in [3.8, 4) is 0 Å². The van der Waals surface area contributed by atoms with Crippen molar-refractivity contribution in [2.75, 3.05) is 6.61 Å². The molecule has 0 amide bonds. The summed E-state index contributed by atoms with van der Waals surface area (Å²) in [4.78, 5) is 1.32. The maximum Gasteiger partial charge on any atom is 0.0809 e. The van der Waals surface area contributed by atoms with Crippen molar-refractivity contribution in [1.29, 1.82) is 0 Å². The van der Waals surface area contributed by atoms with Crippen molar-refractivity contribution < 1.29 is 4.74 Å². The van der Waals surface area contributed by atoms with E-state index in [1.165, 1.54) is 11.3 Å². The second kappa shape index (κ2) is 5.33. The minimum Gasteiger partial charge on any atom is -0.376 e. The fraction of sp³-hybridized carbons (Fsp3) is 0.600. The van der Waals surface area contributed by atoms with Crippen molar-refractivity contribution in [1.82, 2.24) is 0 Å². The molecule has 1 heterocycles. The molecule has 0 saturated heterocycles. The topological polar surface area (TPSA) is 9.23 Å². The fourth-order valence-electron chi connectivity index (χ4n) is 0.873. The Bertz CT molecular complexity index is 194. The summed E-state index contributed by atoms with van der Waals surface area (Å²) in [5.74, 6) is 0.685. The average molecular weight is 184 g/mol. The molecule has 1 atom stereocenters. The molecule has 1 unspecified atom stereocenters. The standard InChI is InChI=1S/C10H16OS/c1-3-9(2)7-11-8-10-5-4-6-12-10/h4-6,9H,3,7-8H2,1-2H3. The Kier molecular flexibility index (Phi) is 4.33. The zero-order valence-corrected chi connectivity index (χ0v) is 8.56. The summed E-state index contributed by atoms with van der Waals surface area (Å²) in [5.41, 5.74) is 0. The number of hydrogen-bond acceptors (Lipinski definition) is 2. The third kappa shape index (κ3) is 3.37. The van der Waals surface area contributed by atoms with Crippen LogP contribution in [-0.4, -0.2) is 6.61 Å². The Morgan fingerprint density at radius 3 is 3.00 bits per heavy atom. The van der Waals surface area contributed by atoms with E-state index in [2.05, 4.69) is 31.4 Å². The second-order valence-corrected chi connectivity index (χ2v) is 4.14. The van der Waals surface area contributed by atoms with Gasteiger partial charge in [-0.2, -0.15) is 0 Å². The van der Waals surface area contributed by atoms with Gasteiger partial charge in [-0.3, -0.25) is 0 Å². The molecule has 0 radical (unpaired) electrons. The lowest BCUT2D eigenvalue weighted by Gasteiger charge is -2.07. The van der Waals surface area contributed by atoms with E-state index in [0.29, 0.717) is 5.92 Å². The van der Waals surface area contributed by atoms with Gasteiger partial charge in [0.15, 0.2) is 0 Å². The van der Waals surface area contributed by atoms with Crippen LogP contribution < -0.4 is 0 Å². The molecule has 2 heteroatoms. The molecule has 0 N–H and O–H groups in total. The maximum atomic E-state index is 5.54. The Hall–Kier alpha value is -0.340. The van der Waals surface area contributed by atoms with Crippen LogP contribution in [0.3, 0.4) is 0 Å². The van der Waals surface area contributed by atoms with Gasteiger partial charge in [-0.1, -0.05) is 26.3 Å². The molecule has 0 saturated carbocycles. The van der Waals surface area contributed by atoms with Crippen molar-refractivity contribution in [3.05, 3.63) is 22.4 Å². The number of rotatable bonds is 5. The first-order valence-electron chi connectivity index (χ1n) is 4.43. The molecule has 0 aliphatic carbocycles. The zero-order chi connectivity index (χ0) is 8.81. The summed E-state index contributed by atoms with van der Waals surface area (Å²) in [6, 6.07) is 4.17. The van der Waals surface area contributed by atoms with Gasteiger partial charge in [0.2, 0.25) is 0 Å². The van der Waals surface area contributed by atoms with Crippen LogP contribution in [0.25, 0.3) is 0 Å². The van der Waals surface area contributed by atoms with Gasteiger partial charge in [0.25, 0.3) is 0 Å². The zero-order valence-electron chi connectivity index (χ0n) is 7.75. The summed E-state index contributed by atoms with van der Waals surface area (Å²) in [7, 11) is 0. The average Bonchev–Trinajstić information content (AvgIpc) is 2.57. The molecule has 12 heavy (non-hydrogen) atoms. The van der Waals surface area contributed by atoms with E-state index in [-0.39, 0.29) is 0 Å². The molecular weight excluding hydrogens is 168 g/mol. The van der Waals surface area contributed by atoms with Crippen LogP contribution in [0, 0.1) is 5.92 Å². The SMILES string of the molecule is CCC(C)COCc1cccs1. The van der Waals surface area contributed by atoms with Gasteiger partial charge < -0.3 is 4.74 Å². The molecule has 0 bridgehead atoms. The highest BCUT2D eigenvalue weighted by Gasteiger charge is 1.98. The summed E-state index contributed by atoms with van der Waals surface area (Å²) >= 11 is 1.76. The Labute approximate surface area is 78.4 Å². The lowest BCUT2D eigenvalue weighted by molar-refractivity contribution is 0.0928. The smallest absolute Gasteiger partial charge is 0.0809 e. The molecule has 1 aromatic heterocycles. The molecule has 0 aliphatic heterocycles. The summed E-state index contributed by atoms with van der Waals surface area (Å²) in [6.45, 7) is 6.07. The minimum atomic E-state index is 0.685. The van der Waals surface area contributed by atoms with E-state index in [1.54, 1.807) is 11.3 Å². The van der Waals surface area contributed by atoms with Crippen LogP contribution >= 0.6 is 11.3 Å². The van der Waals surface area contributed by atoms with Crippen molar-refractivity contribution in [3.63, 3.8) is 0 Å². The van der Waals surface area contributed by atoms with E-state index in [4.69, 9.17) is 4.74 Å². The first kappa shape index (κ1) is 9.75. The molecule has 0 aromatic carbocycles. The maximum absolute atomic E-state index is 5.54. The van der Waals surface area contributed by atoms with Gasteiger partial charge in [-0.25, -0.2) is 0 Å². The lowest BCUT2D eigenvalue weighted by Crippen LogP contribution is -2.03. The van der Waals surface area contributed by atoms with Gasteiger partial charge in [0.1, 0.15) is 0 Å². The normalized spacial score (nSPS) is 13.2. The summed E-state index contributed by atoms with van der Waals surface area (Å²) < 4.78 is 5.54. The first-order chi connectivity index (χ1) is 5.83. The lowest BCUT2D eigenvalue weighted by atomic mass is 10.1. The van der Waals surface area contributed by atoms with Crippen LogP contribution in [0.4, 0.5) is 0 Å². The minimum absolute atomic E-state index is 0.685. The van der Waals surface area contributed by atoms with Gasteiger partial charge in [0.05, 0.1) is 6.61 Å². The third-order valence-electron chi connectivity index (χ3n) is 1.92. The quantitative estimate of drug-likeness (QED) is 0.682. The van der Waals surface area contributed by atoms with E-state index in [9.17, 15) is 0 Å². The van der Waals surface area contributed by atoms with Crippen molar-refractivity contribution in [2.24, 2.45) is 5.92 Å². The molecule has 68 valence electrons. The molecule has 0 fully saturated rings. The Morgan fingerprint density at radius 1 is 1.58 bits per heavy atom. The molecule has 1 rings (SSSR count). The van der Waals surface area contributed by atoms with Gasteiger partial charge >= 0.3 is 0 Å². The van der Waals surface area contributed by atoms with Gasteiger partial charge in [-0.05, 0) is 17.4 Å². The van der Waals surface area contributed by atoms with Crippen LogP contribution in [0.1, 0.15) is 25.1 Å². The molecule has 0 aliphatic rings. The molecule has 1 aromatic rings. The number of ether oxygens (including phenoxy) is 1. The fourth-order valence-corrected chi connectivity index (χ4v) is 1.51. The Balaban J connectivity index is 2.11. The van der Waals surface area contributed by atoms with E-state index in [0.717, 1.165) is 13.2 Å². The molecule has 0 spiro atoms. The van der Waals surface area contributed by atoms with Crippen molar-refractivity contribution >= 4 is 11.3 Å². The van der Waals surface area contributed by atoms with Crippen molar-refractivity contribution in [2.45, 2.75) is 26.9 Å². The summed E-state index contributed by atoms with van der Waals surface area (Å²) in [5, 5.41) is 2.09. The number of thiophene rings is 1. The number of hydrogen-bond donors (Lipinski definition) is 0. The van der Waals surface area contributed by atoms with Crippen LogP contribution in [0.2, 0.25) is 0 Å². The molecule has 1 nitrogen and oxygen atoms in total. The second-order valence-electron chi connectivity index (χ2n) is 3.11. The van der Waals surface area contributed by atoms with E-state index in [1.807, 2.05) is 0 Å². The van der Waals surface area contributed by atoms with Crippen LogP contribution in [0.15, 0.2) is 17.5 Å². The van der Waals surface area contributed by atoms with E-state index >= 15 is 0 Å². The van der Waals surface area contributed by atoms with Crippen LogP contribution in [-0.2, 0) is 11.3 Å². The highest BCUT2D eigenvalue weighted by molar-refractivity contribution is 7.09. The Morgan fingerprint density at radius 2 is 2.42 bits per heavy atom. The largest absolute Gasteiger partial charge is 0.376 e. The highest BCUT2D eigenvalue weighted by atomic mass is 32.1. The predicted molar refractivity (Wildman–Crippen MR) is 53.4 cm³/mol. The van der Waals surface area contributed by atoms with E-state index < -0.39 is 0 Å². The third-order valence-corrected chi connectivity index (χ3v) is 2.77. The monoisotopic (exact) mass is 184 g/mol. The van der Waals surface area contributed by atoms with Gasteiger partial charge in [-0.15, -0.1) is 11.3 Å². The highest BCUT2D eigenvalue weighted by Crippen LogP contribution is 2.10. The van der Waals surface area contributed by atoms with Gasteiger partial charge in [0, 0.05) is 11.5 Å². The van der Waals surface area contributed by atoms with Crippen LogP contribution in [0.5, 0.6) is 0 Å². The summed E-state index contributed by atoms with van der Waals surface area (Å²) in [6.07, 6.45) is 1.20. The predicted octanol–water partition coefficient (Wildman–Crippen LogP) is 3.31. The molecular formula is C10H16OS. The first-order valence-corrected chi connectivity index (χ1v) is 5.31.